The molecule has 1 rings (SSSR count). The van der Waals surface area contributed by atoms with E-state index >= 15 is 0 Å². The molecule has 2 N–H and O–H groups in total. The predicted molar refractivity (Wildman–Crippen MR) is 95.6 cm³/mol. The second-order valence-electron chi connectivity index (χ2n) is 5.35. The van der Waals surface area contributed by atoms with E-state index in [4.69, 9.17) is 0 Å². The third-order valence-electron chi connectivity index (χ3n) is 3.49. The van der Waals surface area contributed by atoms with Crippen LogP contribution in [-0.4, -0.2) is 29.9 Å². The van der Waals surface area contributed by atoms with Gasteiger partial charge in [0, 0.05) is 16.2 Å². The van der Waals surface area contributed by atoms with Crippen molar-refractivity contribution < 1.29 is 9.59 Å². The highest BCUT2D eigenvalue weighted by Gasteiger charge is 2.22. The Hall–Kier alpha value is -1.01. The van der Waals surface area contributed by atoms with Crippen molar-refractivity contribution in [2.75, 3.05) is 12.0 Å². The first-order chi connectivity index (χ1) is 10.4. The molecule has 0 radical (unpaired) electrons. The van der Waals surface area contributed by atoms with Crippen LogP contribution >= 0.6 is 23.1 Å². The summed E-state index contributed by atoms with van der Waals surface area (Å²) < 4.78 is 0. The van der Waals surface area contributed by atoms with Crippen molar-refractivity contribution in [3.63, 3.8) is 0 Å². The largest absolute Gasteiger partial charge is 0.348 e. The fourth-order valence-electron chi connectivity index (χ4n) is 2.27. The fourth-order valence-corrected chi connectivity index (χ4v) is 3.77. The van der Waals surface area contributed by atoms with Gasteiger partial charge in [-0.1, -0.05) is 6.92 Å². The van der Waals surface area contributed by atoms with Crippen molar-refractivity contribution in [1.82, 2.24) is 10.6 Å². The van der Waals surface area contributed by atoms with Crippen LogP contribution < -0.4 is 10.6 Å². The van der Waals surface area contributed by atoms with Gasteiger partial charge in [0.25, 0.3) is 0 Å². The molecule has 2 amide bonds. The number of hydrogen-bond donors (Lipinski definition) is 2. The van der Waals surface area contributed by atoms with Crippen LogP contribution in [0.3, 0.4) is 0 Å². The first-order valence-corrected chi connectivity index (χ1v) is 9.75. The Labute approximate surface area is 141 Å². The van der Waals surface area contributed by atoms with E-state index in [0.717, 1.165) is 11.3 Å². The maximum absolute atomic E-state index is 12.5. The summed E-state index contributed by atoms with van der Waals surface area (Å²) in [5, 5.41) is 5.85. The van der Waals surface area contributed by atoms with Crippen molar-refractivity contribution >= 4 is 34.9 Å². The van der Waals surface area contributed by atoms with Crippen LogP contribution in [0, 0.1) is 13.8 Å². The predicted octanol–water partition coefficient (Wildman–Crippen LogP) is 3.19. The highest BCUT2D eigenvalue weighted by molar-refractivity contribution is 7.98. The van der Waals surface area contributed by atoms with Crippen LogP contribution in [0.1, 0.15) is 48.0 Å². The molecule has 0 saturated carbocycles. The Morgan fingerprint density at radius 3 is 2.50 bits per heavy atom. The zero-order valence-corrected chi connectivity index (χ0v) is 15.6. The van der Waals surface area contributed by atoms with Gasteiger partial charge in [-0.3, -0.25) is 9.59 Å². The van der Waals surface area contributed by atoms with Gasteiger partial charge < -0.3 is 10.6 Å². The number of hydrogen-bond acceptors (Lipinski definition) is 4. The maximum atomic E-state index is 12.5. The minimum Gasteiger partial charge on any atom is -0.348 e. The molecule has 0 fully saturated rings. The molecular formula is C16H26N2O2S2. The Bertz CT molecular complexity index is 514. The SMILES string of the molecule is CCC(=O)N[C@@H](CCSC)C(=O)N[C@H](C)c1cc(C)sc1C. The normalized spacial score (nSPS) is 13.5. The molecule has 0 aliphatic rings. The van der Waals surface area contributed by atoms with Gasteiger partial charge in [0.15, 0.2) is 0 Å². The van der Waals surface area contributed by atoms with E-state index in [9.17, 15) is 9.59 Å². The molecule has 6 heteroatoms. The van der Waals surface area contributed by atoms with Crippen molar-refractivity contribution in [3.05, 3.63) is 21.4 Å². The molecule has 4 nitrogen and oxygen atoms in total. The Balaban J connectivity index is 2.72. The number of aryl methyl sites for hydroxylation is 2. The van der Waals surface area contributed by atoms with E-state index in [1.165, 1.54) is 9.75 Å². The number of thiophene rings is 1. The summed E-state index contributed by atoms with van der Waals surface area (Å²) in [5.74, 6) is 0.649. The molecule has 0 unspecified atom stereocenters. The van der Waals surface area contributed by atoms with Crippen LogP contribution in [0.15, 0.2) is 6.07 Å². The Morgan fingerprint density at radius 2 is 2.00 bits per heavy atom. The number of nitrogens with one attached hydrogen (secondary N) is 2. The van der Waals surface area contributed by atoms with Gasteiger partial charge in [-0.05, 0) is 50.8 Å². The van der Waals surface area contributed by atoms with Gasteiger partial charge in [-0.25, -0.2) is 0 Å². The molecule has 22 heavy (non-hydrogen) atoms. The van der Waals surface area contributed by atoms with E-state index in [0.29, 0.717) is 12.8 Å². The third kappa shape index (κ3) is 5.65. The van der Waals surface area contributed by atoms with Gasteiger partial charge in [0.1, 0.15) is 6.04 Å². The molecule has 124 valence electrons. The van der Waals surface area contributed by atoms with Gasteiger partial charge in [0.05, 0.1) is 6.04 Å². The van der Waals surface area contributed by atoms with Crippen LogP contribution in [0.4, 0.5) is 0 Å². The number of rotatable bonds is 8. The molecule has 0 aromatic carbocycles. The molecule has 1 aromatic heterocycles. The van der Waals surface area contributed by atoms with Gasteiger partial charge >= 0.3 is 0 Å². The van der Waals surface area contributed by atoms with E-state index < -0.39 is 6.04 Å². The lowest BCUT2D eigenvalue weighted by molar-refractivity contribution is -0.129. The van der Waals surface area contributed by atoms with E-state index in [1.807, 2.05) is 13.2 Å². The summed E-state index contributed by atoms with van der Waals surface area (Å²) in [4.78, 5) is 26.5. The van der Waals surface area contributed by atoms with Crippen LogP contribution in [0.2, 0.25) is 0 Å². The third-order valence-corrected chi connectivity index (χ3v) is 5.11. The summed E-state index contributed by atoms with van der Waals surface area (Å²) in [6.45, 7) is 7.91. The quantitative estimate of drug-likeness (QED) is 0.763. The monoisotopic (exact) mass is 342 g/mol. The highest BCUT2D eigenvalue weighted by Crippen LogP contribution is 2.26. The van der Waals surface area contributed by atoms with Crippen LogP contribution in [-0.2, 0) is 9.59 Å². The van der Waals surface area contributed by atoms with E-state index in [2.05, 4.69) is 30.5 Å². The summed E-state index contributed by atoms with van der Waals surface area (Å²) in [7, 11) is 0. The lowest BCUT2D eigenvalue weighted by Crippen LogP contribution is -2.47. The minimum absolute atomic E-state index is 0.0484. The molecule has 0 saturated heterocycles. The number of carbonyl (C=O) groups is 2. The summed E-state index contributed by atoms with van der Waals surface area (Å²) in [6, 6.07) is 1.61. The van der Waals surface area contributed by atoms with Crippen molar-refractivity contribution in [3.8, 4) is 0 Å². The van der Waals surface area contributed by atoms with Gasteiger partial charge in [-0.15, -0.1) is 11.3 Å². The molecular weight excluding hydrogens is 316 g/mol. The average Bonchev–Trinajstić information content (AvgIpc) is 2.81. The smallest absolute Gasteiger partial charge is 0.243 e. The highest BCUT2D eigenvalue weighted by atomic mass is 32.2. The number of thioether (sulfide) groups is 1. The minimum atomic E-state index is -0.456. The van der Waals surface area contributed by atoms with Gasteiger partial charge in [-0.2, -0.15) is 11.8 Å². The fraction of sp³-hybridized carbons (Fsp3) is 0.625. The Kier molecular flexibility index (Phi) is 7.96. The molecule has 0 bridgehead atoms. The van der Waals surface area contributed by atoms with Crippen molar-refractivity contribution in [1.29, 1.82) is 0 Å². The standard InChI is InChI=1S/C16H26N2O2S2/c1-6-15(19)18-14(7-8-21-5)16(20)17-11(3)13-9-10(2)22-12(13)4/h9,11,14H,6-8H2,1-5H3,(H,17,20)(H,18,19)/t11-,14+/m1/s1. The summed E-state index contributed by atoms with van der Waals surface area (Å²) in [6.07, 6.45) is 3.03. The number of amides is 2. The first-order valence-electron chi connectivity index (χ1n) is 7.54. The van der Waals surface area contributed by atoms with Crippen LogP contribution in [0.5, 0.6) is 0 Å². The molecule has 2 atom stereocenters. The van der Waals surface area contributed by atoms with Gasteiger partial charge in [0.2, 0.25) is 11.8 Å². The molecule has 0 aliphatic heterocycles. The topological polar surface area (TPSA) is 58.2 Å². The first kappa shape index (κ1) is 19.0. The molecule has 1 aromatic rings. The lowest BCUT2D eigenvalue weighted by Gasteiger charge is -2.21. The lowest BCUT2D eigenvalue weighted by atomic mass is 10.1. The van der Waals surface area contributed by atoms with E-state index in [1.54, 1.807) is 30.0 Å². The second kappa shape index (κ2) is 9.20. The summed E-state index contributed by atoms with van der Waals surface area (Å²) >= 11 is 3.41. The van der Waals surface area contributed by atoms with Crippen molar-refractivity contribution in [2.45, 2.75) is 52.6 Å². The Morgan fingerprint density at radius 1 is 1.32 bits per heavy atom. The van der Waals surface area contributed by atoms with Crippen molar-refractivity contribution in [2.24, 2.45) is 0 Å². The number of carbonyl (C=O) groups excluding carboxylic acids is 2. The molecule has 0 aliphatic carbocycles. The molecule has 1 heterocycles. The zero-order chi connectivity index (χ0) is 16.7. The zero-order valence-electron chi connectivity index (χ0n) is 14.0. The average molecular weight is 343 g/mol. The van der Waals surface area contributed by atoms with Crippen LogP contribution in [0.25, 0.3) is 0 Å². The van der Waals surface area contributed by atoms with E-state index in [-0.39, 0.29) is 17.9 Å². The summed E-state index contributed by atoms with van der Waals surface area (Å²) in [5.41, 5.74) is 1.15. The second-order valence-corrected chi connectivity index (χ2v) is 7.80. The maximum Gasteiger partial charge on any atom is 0.243 e. The molecule has 0 spiro atoms.